The molecular formula is C22H26N4O. The minimum atomic E-state index is -0.0767. The van der Waals surface area contributed by atoms with Crippen LogP contribution in [-0.2, 0) is 7.05 Å². The van der Waals surface area contributed by atoms with E-state index >= 15 is 0 Å². The van der Waals surface area contributed by atoms with E-state index in [2.05, 4.69) is 40.2 Å². The van der Waals surface area contributed by atoms with Crippen molar-refractivity contribution in [1.82, 2.24) is 15.2 Å². The molecule has 0 bridgehead atoms. The predicted molar refractivity (Wildman–Crippen MR) is 111 cm³/mol. The molecule has 0 fully saturated rings. The number of anilines is 1. The minimum absolute atomic E-state index is 0.0767. The van der Waals surface area contributed by atoms with Gasteiger partial charge >= 0.3 is 0 Å². The van der Waals surface area contributed by atoms with Gasteiger partial charge in [0.25, 0.3) is 5.91 Å². The lowest BCUT2D eigenvalue weighted by Gasteiger charge is -2.14. The zero-order valence-corrected chi connectivity index (χ0v) is 15.7. The number of carbonyl (C=O) groups excluding carboxylic acids is 1. The third-order valence-corrected chi connectivity index (χ3v) is 5.25. The normalized spacial score (nSPS) is 17.2. The number of hydrogen-bond acceptors (Lipinski definition) is 3. The summed E-state index contributed by atoms with van der Waals surface area (Å²) in [5, 5.41) is 9.67. The Morgan fingerprint density at radius 1 is 0.963 bits per heavy atom. The Morgan fingerprint density at radius 3 is 2.19 bits per heavy atom. The van der Waals surface area contributed by atoms with Gasteiger partial charge in [-0.25, -0.2) is 0 Å². The lowest BCUT2D eigenvalue weighted by Crippen LogP contribution is -2.20. The number of nitrogens with one attached hydrogen (secondary N) is 3. The lowest BCUT2D eigenvalue weighted by atomic mass is 10.00. The molecule has 0 unspecified atom stereocenters. The van der Waals surface area contributed by atoms with Gasteiger partial charge in [0, 0.05) is 32.0 Å². The number of rotatable bonds is 4. The number of aromatic nitrogens is 1. The van der Waals surface area contributed by atoms with Gasteiger partial charge < -0.3 is 20.5 Å². The molecule has 4 rings (SSSR count). The maximum Gasteiger partial charge on any atom is 0.272 e. The highest BCUT2D eigenvalue weighted by Gasteiger charge is 2.15. The fourth-order valence-electron chi connectivity index (χ4n) is 3.70. The maximum atomic E-state index is 12.7. The molecule has 0 spiro atoms. The van der Waals surface area contributed by atoms with Crippen LogP contribution in [0.25, 0.3) is 11.1 Å². The molecule has 5 nitrogen and oxygen atoms in total. The molecule has 3 heterocycles. The maximum absolute atomic E-state index is 12.7. The molecule has 3 N–H and O–H groups in total. The van der Waals surface area contributed by atoms with E-state index < -0.39 is 0 Å². The van der Waals surface area contributed by atoms with Crippen LogP contribution in [-0.4, -0.2) is 36.7 Å². The summed E-state index contributed by atoms with van der Waals surface area (Å²) in [6.45, 7) is 3.83. The lowest BCUT2D eigenvalue weighted by molar-refractivity contribution is 0.101. The molecule has 1 aromatic heterocycles. The van der Waals surface area contributed by atoms with E-state index in [-0.39, 0.29) is 5.91 Å². The first kappa shape index (κ1) is 17.8. The van der Waals surface area contributed by atoms with Crippen molar-refractivity contribution in [1.29, 1.82) is 0 Å². The second-order valence-corrected chi connectivity index (χ2v) is 7.12. The van der Waals surface area contributed by atoms with Gasteiger partial charge in [-0.05, 0) is 66.4 Å². The highest BCUT2D eigenvalue weighted by Crippen LogP contribution is 2.24. The van der Waals surface area contributed by atoms with Crippen molar-refractivity contribution in [2.45, 2.75) is 12.8 Å². The molecule has 1 aromatic carbocycles. The van der Waals surface area contributed by atoms with Crippen molar-refractivity contribution in [3.8, 4) is 0 Å². The van der Waals surface area contributed by atoms with Crippen molar-refractivity contribution < 1.29 is 4.79 Å². The average Bonchev–Trinajstić information content (AvgIpc) is 3.12. The van der Waals surface area contributed by atoms with E-state index in [0.717, 1.165) is 50.3 Å². The molecule has 0 saturated heterocycles. The molecule has 2 aromatic rings. The molecule has 0 aliphatic carbocycles. The Hall–Kier alpha value is -2.63. The third-order valence-electron chi connectivity index (χ3n) is 5.25. The largest absolute Gasteiger partial charge is 0.346 e. The highest BCUT2D eigenvalue weighted by molar-refractivity contribution is 6.03. The molecule has 0 atom stereocenters. The SMILES string of the molecule is Cn1cc(C2=CCNCC2)cc1C(=O)Nc1ccc(C2=CCNCC2)cc1. The summed E-state index contributed by atoms with van der Waals surface area (Å²) in [6.07, 6.45) is 8.52. The van der Waals surface area contributed by atoms with E-state index in [9.17, 15) is 4.79 Å². The van der Waals surface area contributed by atoms with Gasteiger partial charge in [0.2, 0.25) is 0 Å². The molecule has 27 heavy (non-hydrogen) atoms. The van der Waals surface area contributed by atoms with Gasteiger partial charge in [0.1, 0.15) is 5.69 Å². The van der Waals surface area contributed by atoms with E-state index in [0.29, 0.717) is 5.69 Å². The van der Waals surface area contributed by atoms with Crippen LogP contribution in [0.1, 0.15) is 34.5 Å². The molecule has 140 valence electrons. The second kappa shape index (κ2) is 7.94. The Bertz CT molecular complexity index is 890. The van der Waals surface area contributed by atoms with Gasteiger partial charge in [-0.1, -0.05) is 24.3 Å². The second-order valence-electron chi connectivity index (χ2n) is 7.12. The minimum Gasteiger partial charge on any atom is -0.346 e. The Kier molecular flexibility index (Phi) is 5.23. The van der Waals surface area contributed by atoms with Gasteiger partial charge in [-0.15, -0.1) is 0 Å². The topological polar surface area (TPSA) is 58.1 Å². The third kappa shape index (κ3) is 4.04. The smallest absolute Gasteiger partial charge is 0.272 e. The van der Waals surface area contributed by atoms with Crippen molar-refractivity contribution in [3.05, 3.63) is 65.5 Å². The van der Waals surface area contributed by atoms with Crippen LogP contribution in [0.4, 0.5) is 5.69 Å². The predicted octanol–water partition coefficient (Wildman–Crippen LogP) is 3.03. The van der Waals surface area contributed by atoms with Crippen molar-refractivity contribution in [2.24, 2.45) is 7.05 Å². The molecule has 2 aliphatic heterocycles. The summed E-state index contributed by atoms with van der Waals surface area (Å²) in [7, 11) is 1.92. The van der Waals surface area contributed by atoms with Gasteiger partial charge in [-0.3, -0.25) is 4.79 Å². The average molecular weight is 362 g/mol. The van der Waals surface area contributed by atoms with Gasteiger partial charge in [0.05, 0.1) is 0 Å². The van der Waals surface area contributed by atoms with Crippen LogP contribution < -0.4 is 16.0 Å². The summed E-state index contributed by atoms with van der Waals surface area (Å²) < 4.78 is 1.90. The number of amides is 1. The highest BCUT2D eigenvalue weighted by atomic mass is 16.1. The van der Waals surface area contributed by atoms with Crippen LogP contribution in [0.2, 0.25) is 0 Å². The number of carbonyl (C=O) groups is 1. The summed E-state index contributed by atoms with van der Waals surface area (Å²) >= 11 is 0. The molecule has 1 amide bonds. The monoisotopic (exact) mass is 362 g/mol. The number of benzene rings is 1. The van der Waals surface area contributed by atoms with Crippen LogP contribution in [0.5, 0.6) is 0 Å². The zero-order chi connectivity index (χ0) is 18.6. The molecule has 5 heteroatoms. The van der Waals surface area contributed by atoms with Gasteiger partial charge in [-0.2, -0.15) is 0 Å². The summed E-state index contributed by atoms with van der Waals surface area (Å²) in [6, 6.07) is 10.1. The first-order valence-electron chi connectivity index (χ1n) is 9.59. The fraction of sp³-hybridized carbons (Fsp3) is 0.318. The Labute approximate surface area is 160 Å². The number of nitrogens with zero attached hydrogens (tertiary/aromatic N) is 1. The van der Waals surface area contributed by atoms with E-state index in [1.54, 1.807) is 0 Å². The van der Waals surface area contributed by atoms with Crippen LogP contribution in [0.15, 0.2) is 48.7 Å². The quantitative estimate of drug-likeness (QED) is 0.784. The standard InChI is InChI=1S/C22H26N4O/c1-26-15-19(18-8-12-24-13-9-18)14-21(26)22(27)25-20-4-2-16(3-5-20)17-6-10-23-11-7-17/h2-6,8,14-15,23-24H,7,9-13H2,1H3,(H,25,27). The Balaban J connectivity index is 1.46. The van der Waals surface area contributed by atoms with Crippen LogP contribution >= 0.6 is 0 Å². The fourth-order valence-corrected chi connectivity index (χ4v) is 3.70. The van der Waals surface area contributed by atoms with Crippen molar-refractivity contribution >= 4 is 22.7 Å². The zero-order valence-electron chi connectivity index (χ0n) is 15.7. The van der Waals surface area contributed by atoms with Crippen molar-refractivity contribution in [3.63, 3.8) is 0 Å². The summed E-state index contributed by atoms with van der Waals surface area (Å²) in [5.74, 6) is -0.0767. The molecule has 0 saturated carbocycles. The number of aryl methyl sites for hydroxylation is 1. The first-order valence-corrected chi connectivity index (χ1v) is 9.59. The number of hydrogen-bond donors (Lipinski definition) is 3. The van der Waals surface area contributed by atoms with E-state index in [1.807, 2.05) is 36.0 Å². The van der Waals surface area contributed by atoms with Crippen LogP contribution in [0.3, 0.4) is 0 Å². The van der Waals surface area contributed by atoms with Crippen LogP contribution in [0, 0.1) is 0 Å². The van der Waals surface area contributed by atoms with Gasteiger partial charge in [0.15, 0.2) is 0 Å². The molecular weight excluding hydrogens is 336 g/mol. The first-order chi connectivity index (χ1) is 13.2. The van der Waals surface area contributed by atoms with E-state index in [4.69, 9.17) is 0 Å². The molecule has 2 aliphatic rings. The van der Waals surface area contributed by atoms with E-state index in [1.165, 1.54) is 16.7 Å². The Morgan fingerprint density at radius 2 is 1.59 bits per heavy atom. The molecule has 0 radical (unpaired) electrons. The summed E-state index contributed by atoms with van der Waals surface area (Å²) in [5.41, 5.74) is 6.54. The summed E-state index contributed by atoms with van der Waals surface area (Å²) in [4.78, 5) is 12.7. The van der Waals surface area contributed by atoms with Crippen molar-refractivity contribution in [2.75, 3.05) is 31.5 Å².